The van der Waals surface area contributed by atoms with E-state index in [9.17, 15) is 4.79 Å². The predicted molar refractivity (Wildman–Crippen MR) is 84.4 cm³/mol. The summed E-state index contributed by atoms with van der Waals surface area (Å²) in [5.41, 5.74) is 1.08. The number of H-pyrrole nitrogens is 1. The van der Waals surface area contributed by atoms with Gasteiger partial charge in [-0.2, -0.15) is 5.10 Å². The topological polar surface area (TPSA) is 62.7 Å². The molecule has 1 amide bonds. The fourth-order valence-corrected chi connectivity index (χ4v) is 2.40. The van der Waals surface area contributed by atoms with Gasteiger partial charge in [-0.15, -0.1) is 0 Å². The van der Waals surface area contributed by atoms with Crippen molar-refractivity contribution in [2.24, 2.45) is 0 Å². The fraction of sp³-hybridized carbons (Fsp3) is 0.400. The number of hydrogen-bond acceptors (Lipinski definition) is 3. The Morgan fingerprint density at radius 3 is 2.81 bits per heavy atom. The molecule has 0 saturated heterocycles. The third kappa shape index (κ3) is 4.01. The molecule has 21 heavy (non-hydrogen) atoms. The molecular formula is C15H20N4OS. The van der Waals surface area contributed by atoms with Gasteiger partial charge in [-0.05, 0) is 31.1 Å². The zero-order valence-electron chi connectivity index (χ0n) is 12.3. The highest BCUT2D eigenvalue weighted by atomic mass is 32.1. The monoisotopic (exact) mass is 304 g/mol. The SMILES string of the molecule is CCCc1n[nH]c(=S)n1CC(=O)NC(C)c1ccccc1. The van der Waals surface area contributed by atoms with E-state index in [2.05, 4.69) is 22.4 Å². The molecule has 0 spiro atoms. The van der Waals surface area contributed by atoms with Crippen LogP contribution in [-0.4, -0.2) is 20.7 Å². The Balaban J connectivity index is 2.02. The van der Waals surface area contributed by atoms with Crippen LogP contribution in [0.1, 0.15) is 37.7 Å². The van der Waals surface area contributed by atoms with Gasteiger partial charge < -0.3 is 5.32 Å². The van der Waals surface area contributed by atoms with Crippen LogP contribution < -0.4 is 5.32 Å². The maximum atomic E-state index is 12.2. The largest absolute Gasteiger partial charge is 0.348 e. The van der Waals surface area contributed by atoms with E-state index in [1.165, 1.54) is 0 Å². The highest BCUT2D eigenvalue weighted by Crippen LogP contribution is 2.11. The van der Waals surface area contributed by atoms with Crippen LogP contribution in [0.15, 0.2) is 30.3 Å². The van der Waals surface area contributed by atoms with Crippen LogP contribution in [0.2, 0.25) is 0 Å². The Hall–Kier alpha value is -1.95. The standard InChI is InChI=1S/C15H20N4OS/c1-3-7-13-17-18-15(21)19(13)10-14(20)16-11(2)12-8-5-4-6-9-12/h4-6,8-9,11H,3,7,10H2,1-2H3,(H,16,20)(H,18,21). The molecule has 0 fully saturated rings. The fourth-order valence-electron chi connectivity index (χ4n) is 2.18. The van der Waals surface area contributed by atoms with Crippen molar-refractivity contribution in [3.63, 3.8) is 0 Å². The minimum absolute atomic E-state index is 0.0330. The normalized spacial score (nSPS) is 12.1. The number of aromatic amines is 1. The van der Waals surface area contributed by atoms with Gasteiger partial charge in [-0.1, -0.05) is 37.3 Å². The molecule has 0 aliphatic heterocycles. The van der Waals surface area contributed by atoms with Crippen LogP contribution in [0.4, 0.5) is 0 Å². The molecule has 112 valence electrons. The summed E-state index contributed by atoms with van der Waals surface area (Å²) in [6.45, 7) is 4.23. The number of benzene rings is 1. The molecule has 0 saturated carbocycles. The first-order valence-corrected chi connectivity index (χ1v) is 7.51. The van der Waals surface area contributed by atoms with Gasteiger partial charge in [-0.25, -0.2) is 0 Å². The van der Waals surface area contributed by atoms with Crippen LogP contribution in [0.3, 0.4) is 0 Å². The van der Waals surface area contributed by atoms with Crippen molar-refractivity contribution in [1.29, 1.82) is 0 Å². The second kappa shape index (κ2) is 7.17. The molecule has 1 atom stereocenters. The number of nitrogens with one attached hydrogen (secondary N) is 2. The molecule has 1 unspecified atom stereocenters. The van der Waals surface area contributed by atoms with E-state index in [0.29, 0.717) is 4.77 Å². The lowest BCUT2D eigenvalue weighted by molar-refractivity contribution is -0.122. The van der Waals surface area contributed by atoms with Crippen molar-refractivity contribution in [3.8, 4) is 0 Å². The zero-order chi connectivity index (χ0) is 15.2. The van der Waals surface area contributed by atoms with Gasteiger partial charge in [0.1, 0.15) is 12.4 Å². The van der Waals surface area contributed by atoms with E-state index in [1.54, 1.807) is 4.57 Å². The Labute approximate surface area is 129 Å². The smallest absolute Gasteiger partial charge is 0.240 e. The molecule has 2 aromatic rings. The van der Waals surface area contributed by atoms with Gasteiger partial charge in [0.25, 0.3) is 0 Å². The summed E-state index contributed by atoms with van der Waals surface area (Å²) in [6.07, 6.45) is 1.76. The minimum atomic E-state index is -0.0683. The lowest BCUT2D eigenvalue weighted by Gasteiger charge is -2.15. The third-order valence-electron chi connectivity index (χ3n) is 3.29. The first-order chi connectivity index (χ1) is 10.1. The van der Waals surface area contributed by atoms with Crippen LogP contribution in [0.5, 0.6) is 0 Å². The van der Waals surface area contributed by atoms with Crippen LogP contribution in [0.25, 0.3) is 0 Å². The van der Waals surface area contributed by atoms with Crippen molar-refractivity contribution in [1.82, 2.24) is 20.1 Å². The second-order valence-corrected chi connectivity index (χ2v) is 5.37. The summed E-state index contributed by atoms with van der Waals surface area (Å²) >= 11 is 5.18. The Morgan fingerprint density at radius 2 is 2.14 bits per heavy atom. The van der Waals surface area contributed by atoms with Gasteiger partial charge in [0.05, 0.1) is 6.04 Å². The molecule has 0 radical (unpaired) electrons. The lowest BCUT2D eigenvalue weighted by Crippen LogP contribution is -2.30. The number of aromatic nitrogens is 3. The molecule has 6 heteroatoms. The summed E-state index contributed by atoms with van der Waals surface area (Å²) in [5, 5.41) is 9.89. The molecule has 5 nitrogen and oxygen atoms in total. The second-order valence-electron chi connectivity index (χ2n) is 4.98. The summed E-state index contributed by atoms with van der Waals surface area (Å²) in [4.78, 5) is 12.2. The quantitative estimate of drug-likeness (QED) is 0.807. The molecule has 0 aliphatic carbocycles. The Morgan fingerprint density at radius 1 is 1.43 bits per heavy atom. The van der Waals surface area contributed by atoms with E-state index in [0.717, 1.165) is 24.2 Å². The van der Waals surface area contributed by atoms with Crippen molar-refractivity contribution in [2.45, 2.75) is 39.3 Å². The predicted octanol–water partition coefficient (Wildman–Crippen LogP) is 2.77. The molecule has 0 aliphatic rings. The number of carbonyl (C=O) groups excluding carboxylic acids is 1. The van der Waals surface area contributed by atoms with Gasteiger partial charge in [0.15, 0.2) is 4.77 Å². The van der Waals surface area contributed by atoms with Crippen molar-refractivity contribution in [3.05, 3.63) is 46.5 Å². The molecule has 2 rings (SSSR count). The van der Waals surface area contributed by atoms with Crippen molar-refractivity contribution in [2.75, 3.05) is 0 Å². The van der Waals surface area contributed by atoms with Crippen molar-refractivity contribution >= 4 is 18.1 Å². The minimum Gasteiger partial charge on any atom is -0.348 e. The summed E-state index contributed by atoms with van der Waals surface area (Å²) in [5.74, 6) is 0.756. The van der Waals surface area contributed by atoms with Gasteiger partial charge in [0, 0.05) is 6.42 Å². The van der Waals surface area contributed by atoms with E-state index < -0.39 is 0 Å². The Bertz CT molecular complexity index is 647. The number of aryl methyl sites for hydroxylation is 1. The molecule has 1 heterocycles. The van der Waals surface area contributed by atoms with Gasteiger partial charge >= 0.3 is 0 Å². The number of carbonyl (C=O) groups is 1. The van der Waals surface area contributed by atoms with Crippen molar-refractivity contribution < 1.29 is 4.79 Å². The zero-order valence-corrected chi connectivity index (χ0v) is 13.1. The van der Waals surface area contributed by atoms with E-state index in [4.69, 9.17) is 12.2 Å². The maximum absolute atomic E-state index is 12.2. The average Bonchev–Trinajstić information content (AvgIpc) is 2.81. The Kier molecular flexibility index (Phi) is 5.27. The first-order valence-electron chi connectivity index (χ1n) is 7.10. The highest BCUT2D eigenvalue weighted by Gasteiger charge is 2.13. The molecular weight excluding hydrogens is 284 g/mol. The van der Waals surface area contributed by atoms with E-state index >= 15 is 0 Å². The number of hydrogen-bond donors (Lipinski definition) is 2. The lowest BCUT2D eigenvalue weighted by atomic mass is 10.1. The van der Waals surface area contributed by atoms with E-state index in [1.807, 2.05) is 37.3 Å². The molecule has 0 bridgehead atoms. The first kappa shape index (κ1) is 15.4. The molecule has 1 aromatic heterocycles. The summed E-state index contributed by atoms with van der Waals surface area (Å²) < 4.78 is 2.24. The van der Waals surface area contributed by atoms with Gasteiger partial charge in [-0.3, -0.25) is 14.5 Å². The van der Waals surface area contributed by atoms with Gasteiger partial charge in [0.2, 0.25) is 5.91 Å². The maximum Gasteiger partial charge on any atom is 0.240 e. The summed E-state index contributed by atoms with van der Waals surface area (Å²) in [6, 6.07) is 9.84. The van der Waals surface area contributed by atoms with Crippen LogP contribution in [0, 0.1) is 4.77 Å². The number of nitrogens with zero attached hydrogens (tertiary/aromatic N) is 2. The van der Waals surface area contributed by atoms with E-state index in [-0.39, 0.29) is 18.5 Å². The molecule has 1 aromatic carbocycles. The molecule has 2 N–H and O–H groups in total. The highest BCUT2D eigenvalue weighted by molar-refractivity contribution is 7.71. The number of amides is 1. The van der Waals surface area contributed by atoms with Crippen LogP contribution in [-0.2, 0) is 17.8 Å². The third-order valence-corrected chi connectivity index (χ3v) is 3.60. The average molecular weight is 304 g/mol. The summed E-state index contributed by atoms with van der Waals surface area (Å²) in [7, 11) is 0. The number of rotatable bonds is 6. The van der Waals surface area contributed by atoms with Crippen LogP contribution >= 0.6 is 12.2 Å².